The molecule has 0 aliphatic rings. The highest BCUT2D eigenvalue weighted by Gasteiger charge is 2.23. The topological polar surface area (TPSA) is 301 Å². The summed E-state index contributed by atoms with van der Waals surface area (Å²) in [4.78, 5) is 95.5. The fourth-order valence-electron chi connectivity index (χ4n) is 12.7. The first-order valence-corrected chi connectivity index (χ1v) is 36.9. The molecule has 0 unspecified atom stereocenters. The lowest BCUT2D eigenvalue weighted by Gasteiger charge is -2.26. The van der Waals surface area contributed by atoms with Crippen LogP contribution in [0.1, 0.15) is 18.2 Å². The quantitative estimate of drug-likeness (QED) is 0.0182. The summed E-state index contributed by atoms with van der Waals surface area (Å²) in [5.41, 5.74) is 16.6. The van der Waals surface area contributed by atoms with Crippen molar-refractivity contribution in [1.29, 1.82) is 0 Å². The molecule has 28 heteroatoms. The van der Waals surface area contributed by atoms with Crippen LogP contribution in [0, 0.1) is 13.8 Å². The molecule has 592 valence electrons. The van der Waals surface area contributed by atoms with Crippen molar-refractivity contribution in [1.82, 2.24) is 59.1 Å². The lowest BCUT2D eigenvalue weighted by atomic mass is 10.1. The molecule has 114 heavy (non-hydrogen) atoms. The molecule has 0 aliphatic carbocycles. The van der Waals surface area contributed by atoms with Gasteiger partial charge in [-0.2, -0.15) is 0 Å². The van der Waals surface area contributed by atoms with Gasteiger partial charge in [0, 0.05) is 165 Å². The van der Waals surface area contributed by atoms with Crippen LogP contribution in [-0.2, 0) is 25.7 Å². The Balaban J connectivity index is 0.000000181. The van der Waals surface area contributed by atoms with Crippen LogP contribution >= 0.6 is 0 Å². The number of hydrogen-bond donors (Lipinski definition) is 8. The van der Waals surface area contributed by atoms with Crippen molar-refractivity contribution in [2.24, 2.45) is 0 Å². The van der Waals surface area contributed by atoms with Crippen LogP contribution in [0.5, 0.6) is 17.2 Å². The van der Waals surface area contributed by atoms with Crippen LogP contribution < -0.4 is 60.8 Å². The fourth-order valence-corrected chi connectivity index (χ4v) is 12.7. The third-order valence-corrected chi connectivity index (χ3v) is 18.7. The van der Waals surface area contributed by atoms with Gasteiger partial charge in [-0.05, 0) is 135 Å². The fraction of sp³-hybridized carbons (Fsp3) is 0.256. The second-order valence-electron chi connectivity index (χ2n) is 27.9. The number of H-pyrrole nitrogens is 2. The van der Waals surface area contributed by atoms with E-state index in [9.17, 15) is 19.2 Å². The van der Waals surface area contributed by atoms with Gasteiger partial charge >= 0.3 is 0 Å². The Bertz CT molecular complexity index is 5450. The van der Waals surface area contributed by atoms with Crippen molar-refractivity contribution >= 4 is 125 Å². The normalized spacial score (nSPS) is 11.0. The molecule has 8 N–H and O–H groups in total. The van der Waals surface area contributed by atoms with E-state index < -0.39 is 0 Å². The first-order chi connectivity index (χ1) is 54.8. The largest absolute Gasteiger partial charge is 0.494 e. The number of aromatic nitrogens is 9. The van der Waals surface area contributed by atoms with Crippen LogP contribution in [0.25, 0.3) is 66.5 Å². The van der Waals surface area contributed by atoms with Gasteiger partial charge in [0.2, 0.25) is 35.6 Å². The second kappa shape index (κ2) is 38.5. The Kier molecular flexibility index (Phi) is 28.0. The maximum atomic E-state index is 12.3. The summed E-state index contributed by atoms with van der Waals surface area (Å²) in [7, 11) is 22.8. The minimum absolute atomic E-state index is 0.0691. The lowest BCUT2D eigenvalue weighted by Crippen LogP contribution is -2.29. The summed E-state index contributed by atoms with van der Waals surface area (Å²) in [6.45, 7) is 21.5. The summed E-state index contributed by atoms with van der Waals surface area (Å²) < 4.78 is 19.1. The number of Topliss-reactive ketones (excluding diaryl/α,β-unsaturated/α-hetero) is 1. The standard InChI is InChI=1S/C30H35N7O3.2C28H33N7O2/c1-7-29(39)32-24-16-25(28(40-6)17-27(24)36(5)15-14-35(3)4)34-30-31-13-12-23(33-30)22-19-37(18-20(2)38)26-11-9-8-10-21(22)26;1-7-26(36)31-22-15-23(25(37-6)16-24(22)35(5)14-13-34(3)4)33-28-29-12-11-21(32-28)20-17-30-27-18(2)9-8-10-19(20)27;1-7-26(36)31-22-16-23(25(37-6)17-24(22)35(5)15-14-34(3)4)33-28-29-13-12-21(32-28)27-18(2)30-20-11-9-8-10-19(20)27/h7-13,16-17,19H,1,14-15,18H2,2-6H3,(H,32,39)(H,31,33,34);7-12,15-17,30H,1,13-14H2,2-6H3,(H,31,36)(H,29,32,33);7-13,16-17,30H,1,14-15H2,2-6H3,(H,31,36)(H,29,32,33). The number of anilines is 12. The molecule has 12 rings (SSSR count). The summed E-state index contributed by atoms with van der Waals surface area (Å²) in [6.07, 6.45) is 12.8. The molecule has 0 saturated heterocycles. The van der Waals surface area contributed by atoms with Gasteiger partial charge in [-0.25, -0.2) is 29.9 Å². The maximum Gasteiger partial charge on any atom is 0.247 e. The number of fused-ring (bicyclic) bond motifs is 3. The molecule has 0 radical (unpaired) electrons. The number of nitrogens with one attached hydrogen (secondary N) is 8. The minimum Gasteiger partial charge on any atom is -0.494 e. The summed E-state index contributed by atoms with van der Waals surface area (Å²) in [6, 6.07) is 39.0. The minimum atomic E-state index is -0.321. The van der Waals surface area contributed by atoms with Crippen molar-refractivity contribution in [3.63, 3.8) is 0 Å². The van der Waals surface area contributed by atoms with Crippen LogP contribution in [0.3, 0.4) is 0 Å². The van der Waals surface area contributed by atoms with Crippen molar-refractivity contribution < 1.29 is 33.4 Å². The van der Waals surface area contributed by atoms with Gasteiger partial charge in [-0.1, -0.05) is 74.3 Å². The predicted octanol–water partition coefficient (Wildman–Crippen LogP) is 14.2. The Morgan fingerprint density at radius 1 is 0.474 bits per heavy atom. The van der Waals surface area contributed by atoms with Crippen molar-refractivity contribution in [3.8, 4) is 51.0 Å². The summed E-state index contributed by atoms with van der Waals surface area (Å²) in [5, 5.41) is 21.7. The van der Waals surface area contributed by atoms with Crippen LogP contribution in [0.4, 0.5) is 69.0 Å². The molecule has 0 atom stereocenters. The van der Waals surface area contributed by atoms with Gasteiger partial charge < -0.3 is 90.0 Å². The summed E-state index contributed by atoms with van der Waals surface area (Å²) >= 11 is 0. The molecule has 3 amide bonds. The zero-order valence-electron chi connectivity index (χ0n) is 67.4. The highest BCUT2D eigenvalue weighted by molar-refractivity contribution is 6.05. The zero-order valence-corrected chi connectivity index (χ0v) is 67.4. The third-order valence-electron chi connectivity index (χ3n) is 18.7. The van der Waals surface area contributed by atoms with Crippen molar-refractivity contribution in [3.05, 3.63) is 202 Å². The maximum absolute atomic E-state index is 12.3. The number of rotatable bonds is 32. The molecule has 0 fully saturated rings. The number of benzene rings is 6. The molecule has 12 aromatic rings. The smallest absolute Gasteiger partial charge is 0.247 e. The lowest BCUT2D eigenvalue weighted by molar-refractivity contribution is -0.117. The Morgan fingerprint density at radius 2 is 0.877 bits per heavy atom. The van der Waals surface area contributed by atoms with Crippen molar-refractivity contribution in [2.45, 2.75) is 27.3 Å². The number of ether oxygens (including phenoxy) is 3. The number of carbonyl (C=O) groups is 4. The number of amides is 3. The third kappa shape index (κ3) is 20.8. The molecule has 0 bridgehead atoms. The average Bonchev–Trinajstić information content (AvgIpc) is 1.64. The number of hydrogen-bond acceptors (Lipinski definition) is 22. The molecule has 0 saturated carbocycles. The van der Waals surface area contributed by atoms with Crippen molar-refractivity contribution in [2.75, 3.05) is 171 Å². The van der Waals surface area contributed by atoms with E-state index in [1.165, 1.54) is 23.8 Å². The number of nitrogens with zero attached hydrogens (tertiary/aromatic N) is 13. The monoisotopic (exact) mass is 1540 g/mol. The van der Waals surface area contributed by atoms with Crippen LogP contribution in [-0.4, -0.2) is 207 Å². The van der Waals surface area contributed by atoms with Gasteiger partial charge in [-0.3, -0.25) is 19.2 Å². The SMILES string of the molecule is C=CC(=O)Nc1cc(Nc2nccc(-c3c(C)[nH]c4ccccc34)n2)c(OC)cc1N(C)CCN(C)C.C=CC(=O)Nc1cc(Nc2nccc(-c3c[nH]c4c(C)cccc34)n2)c(OC)cc1N(C)CCN(C)C.C=CC(=O)Nc1cc(Nc2nccc(-c3cn(CC(C)=O)c4ccccc34)n2)c(OC)cc1N(C)CCN(C)C. The van der Waals surface area contributed by atoms with E-state index >= 15 is 0 Å². The first kappa shape index (κ1) is 83.0. The Labute approximate surface area is 665 Å². The number of aryl methyl sites for hydroxylation is 2. The average molecular weight is 1540 g/mol. The molecule has 28 nitrogen and oxygen atoms in total. The zero-order chi connectivity index (χ0) is 81.9. The van der Waals surface area contributed by atoms with Gasteiger partial charge in [-0.15, -0.1) is 0 Å². The number of aromatic amines is 2. The predicted molar refractivity (Wildman–Crippen MR) is 463 cm³/mol. The van der Waals surface area contributed by atoms with Gasteiger partial charge in [0.1, 0.15) is 23.0 Å². The second-order valence-corrected chi connectivity index (χ2v) is 27.9. The molecule has 6 aromatic carbocycles. The summed E-state index contributed by atoms with van der Waals surface area (Å²) in [5.74, 6) is 2.09. The Hall–Kier alpha value is -13.4. The van der Waals surface area contributed by atoms with Gasteiger partial charge in [0.15, 0.2) is 0 Å². The number of ketones is 1. The highest BCUT2D eigenvalue weighted by Crippen LogP contribution is 2.43. The van der Waals surface area contributed by atoms with E-state index in [0.29, 0.717) is 74.9 Å². The number of likely N-dealkylation sites (N-methyl/N-ethyl adjacent to an activating group) is 6. The number of para-hydroxylation sites is 3. The van der Waals surface area contributed by atoms with Gasteiger partial charge in [0.05, 0.1) is 96.1 Å². The van der Waals surface area contributed by atoms with Gasteiger partial charge in [0.25, 0.3) is 0 Å². The van der Waals surface area contributed by atoms with E-state index in [-0.39, 0.29) is 30.0 Å². The van der Waals surface area contributed by atoms with Crippen LogP contribution in [0.15, 0.2) is 190 Å². The molecular formula is C86H101N21O7. The number of carbonyl (C=O) groups excluding carboxylic acids is 4. The molecule has 0 aliphatic heterocycles. The van der Waals surface area contributed by atoms with E-state index in [2.05, 4.69) is 131 Å². The van der Waals surface area contributed by atoms with E-state index in [4.69, 9.17) is 29.2 Å². The number of methoxy groups -OCH3 is 3. The molecule has 0 spiro atoms. The van der Waals surface area contributed by atoms with E-state index in [0.717, 1.165) is 123 Å². The van der Waals surface area contributed by atoms with E-state index in [1.807, 2.05) is 184 Å². The molecule has 6 heterocycles. The molecule has 6 aromatic heterocycles. The highest BCUT2D eigenvalue weighted by atomic mass is 16.5. The Morgan fingerprint density at radius 3 is 1.31 bits per heavy atom. The first-order valence-electron chi connectivity index (χ1n) is 36.9. The van der Waals surface area contributed by atoms with Crippen LogP contribution in [0.2, 0.25) is 0 Å². The molecular weight excluding hydrogens is 1440 g/mol. The van der Waals surface area contributed by atoms with E-state index in [1.54, 1.807) is 52.9 Å².